The summed E-state index contributed by atoms with van der Waals surface area (Å²) in [5.74, 6) is -1.65. The monoisotopic (exact) mass is 467 g/mol. The number of nitrogens with two attached hydrogens (primary N) is 1. The van der Waals surface area contributed by atoms with Gasteiger partial charge in [0.05, 0.1) is 30.7 Å². The summed E-state index contributed by atoms with van der Waals surface area (Å²) in [6.45, 7) is 11.8. The van der Waals surface area contributed by atoms with Crippen LogP contribution in [-0.4, -0.2) is 53.7 Å². The molecule has 0 saturated heterocycles. The molecule has 2 rings (SSSR count). The van der Waals surface area contributed by atoms with Gasteiger partial charge in [-0.05, 0) is 41.5 Å². The predicted molar refractivity (Wildman–Crippen MR) is 120 cm³/mol. The molecule has 1 aromatic rings. The Bertz CT molecular complexity index is 975. The third-order valence-corrected chi connectivity index (χ3v) is 4.57. The molecule has 2 heterocycles. The molecule has 0 radical (unpaired) electrons. The van der Waals surface area contributed by atoms with E-state index in [2.05, 4.69) is 10.3 Å². The Morgan fingerprint density at radius 1 is 1.09 bits per heavy atom. The van der Waals surface area contributed by atoms with E-state index in [0.29, 0.717) is 6.42 Å². The standard InChI is InChI=1S/C21H33N5O7/c1-12(27)26-15(28)13-14(24-18(26)22)25(11-23-13)19(33-17(30)21(5,6)7)32-10-8-9-31-16(29)20(2,3)4/h19,23H,8-11H2,1-7H3,(H2,22,24). The summed E-state index contributed by atoms with van der Waals surface area (Å²) in [5.41, 5.74) is 3.76. The first-order chi connectivity index (χ1) is 15.1. The summed E-state index contributed by atoms with van der Waals surface area (Å²) in [6.07, 6.45) is -0.885. The van der Waals surface area contributed by atoms with E-state index in [1.165, 1.54) is 11.8 Å². The van der Waals surface area contributed by atoms with Crippen LogP contribution in [0.25, 0.3) is 0 Å². The van der Waals surface area contributed by atoms with Gasteiger partial charge in [-0.2, -0.15) is 4.98 Å². The van der Waals surface area contributed by atoms with Crippen molar-refractivity contribution in [1.29, 1.82) is 0 Å². The number of esters is 2. The number of hydrogen-bond acceptors (Lipinski definition) is 11. The van der Waals surface area contributed by atoms with Gasteiger partial charge in [-0.1, -0.05) is 0 Å². The number of fused-ring (bicyclic) bond motifs is 1. The summed E-state index contributed by atoms with van der Waals surface area (Å²) in [6, 6.07) is 0. The Balaban J connectivity index is 2.19. The maximum atomic E-state index is 12.7. The van der Waals surface area contributed by atoms with Crippen molar-refractivity contribution >= 4 is 35.3 Å². The topological polar surface area (TPSA) is 155 Å². The molecule has 33 heavy (non-hydrogen) atoms. The molecule has 12 heteroatoms. The SMILES string of the molecule is CC(=O)n1c(N)nc2c(c1=O)NCN2C(OCCCOC(=O)C(C)(C)C)OC(=O)C(C)(C)C. The molecule has 0 saturated carbocycles. The molecule has 0 aromatic carbocycles. The van der Waals surface area contributed by atoms with Gasteiger partial charge in [0.15, 0.2) is 5.82 Å². The molecule has 1 unspecified atom stereocenters. The van der Waals surface area contributed by atoms with Crippen molar-refractivity contribution in [2.45, 2.75) is 61.3 Å². The minimum absolute atomic E-state index is 0.0278. The second-order valence-electron chi connectivity index (χ2n) is 9.71. The van der Waals surface area contributed by atoms with Crippen molar-refractivity contribution in [2.24, 2.45) is 10.8 Å². The Morgan fingerprint density at radius 3 is 2.24 bits per heavy atom. The Labute approximate surface area is 192 Å². The maximum absolute atomic E-state index is 12.7. The molecule has 0 amide bonds. The van der Waals surface area contributed by atoms with Gasteiger partial charge in [0, 0.05) is 13.3 Å². The second kappa shape index (κ2) is 9.77. The van der Waals surface area contributed by atoms with Crippen molar-refractivity contribution in [2.75, 3.05) is 35.8 Å². The molecule has 3 N–H and O–H groups in total. The summed E-state index contributed by atoms with van der Waals surface area (Å²) in [4.78, 5) is 54.4. The van der Waals surface area contributed by atoms with E-state index in [4.69, 9.17) is 19.9 Å². The van der Waals surface area contributed by atoms with E-state index in [1.807, 2.05) is 0 Å². The van der Waals surface area contributed by atoms with Gasteiger partial charge in [-0.25, -0.2) is 4.57 Å². The van der Waals surface area contributed by atoms with Gasteiger partial charge in [0.2, 0.25) is 11.9 Å². The minimum Gasteiger partial charge on any atom is -0.465 e. The van der Waals surface area contributed by atoms with Crippen molar-refractivity contribution in [3.63, 3.8) is 0 Å². The van der Waals surface area contributed by atoms with Crippen molar-refractivity contribution in [3.05, 3.63) is 10.4 Å². The maximum Gasteiger partial charge on any atom is 0.314 e. The number of anilines is 3. The zero-order valence-corrected chi connectivity index (χ0v) is 20.2. The molecule has 0 aliphatic carbocycles. The van der Waals surface area contributed by atoms with Crippen molar-refractivity contribution in [3.8, 4) is 0 Å². The highest BCUT2D eigenvalue weighted by molar-refractivity contribution is 5.82. The average Bonchev–Trinajstić information content (AvgIpc) is 3.08. The first-order valence-corrected chi connectivity index (χ1v) is 10.6. The van der Waals surface area contributed by atoms with E-state index in [1.54, 1.807) is 41.5 Å². The van der Waals surface area contributed by atoms with Gasteiger partial charge < -0.3 is 25.3 Å². The Kier molecular flexibility index (Phi) is 7.73. The van der Waals surface area contributed by atoms with Gasteiger partial charge in [0.1, 0.15) is 5.69 Å². The predicted octanol–water partition coefficient (Wildman–Crippen LogP) is 1.54. The summed E-state index contributed by atoms with van der Waals surface area (Å²) in [5, 5.41) is 2.85. The lowest BCUT2D eigenvalue weighted by molar-refractivity contribution is -0.188. The van der Waals surface area contributed by atoms with Crippen LogP contribution >= 0.6 is 0 Å². The van der Waals surface area contributed by atoms with Gasteiger partial charge in [-0.3, -0.25) is 24.1 Å². The highest BCUT2D eigenvalue weighted by Gasteiger charge is 2.36. The third-order valence-electron chi connectivity index (χ3n) is 4.57. The van der Waals surface area contributed by atoms with Crippen LogP contribution in [0.3, 0.4) is 0 Å². The average molecular weight is 468 g/mol. The highest BCUT2D eigenvalue weighted by atomic mass is 16.7. The largest absolute Gasteiger partial charge is 0.465 e. The van der Waals surface area contributed by atoms with Crippen LogP contribution in [-0.2, 0) is 23.8 Å². The van der Waals surface area contributed by atoms with Gasteiger partial charge in [0.25, 0.3) is 12.0 Å². The van der Waals surface area contributed by atoms with E-state index < -0.39 is 34.7 Å². The zero-order valence-electron chi connectivity index (χ0n) is 20.2. The number of nitrogens with one attached hydrogen (secondary N) is 1. The third kappa shape index (κ3) is 6.21. The molecule has 0 spiro atoms. The number of carbonyl (C=O) groups excluding carboxylic acids is 3. The fraction of sp³-hybridized carbons (Fsp3) is 0.667. The van der Waals surface area contributed by atoms with Crippen LogP contribution in [0.4, 0.5) is 17.5 Å². The minimum atomic E-state index is -1.23. The summed E-state index contributed by atoms with van der Waals surface area (Å²) in [7, 11) is 0. The zero-order chi connectivity index (χ0) is 25.1. The van der Waals surface area contributed by atoms with Crippen LogP contribution in [0.5, 0.6) is 0 Å². The van der Waals surface area contributed by atoms with Crippen LogP contribution in [0, 0.1) is 10.8 Å². The van der Waals surface area contributed by atoms with E-state index in [-0.39, 0.29) is 43.3 Å². The Hall–Kier alpha value is -3.15. The van der Waals surface area contributed by atoms with Crippen molar-refractivity contribution < 1.29 is 28.6 Å². The lowest BCUT2D eigenvalue weighted by Crippen LogP contribution is -2.43. The number of ether oxygens (including phenoxy) is 3. The smallest absolute Gasteiger partial charge is 0.314 e. The van der Waals surface area contributed by atoms with Crippen LogP contribution in [0.15, 0.2) is 4.79 Å². The van der Waals surface area contributed by atoms with Gasteiger partial charge in [-0.15, -0.1) is 0 Å². The molecule has 1 aliphatic heterocycles. The molecule has 184 valence electrons. The molecule has 0 bridgehead atoms. The van der Waals surface area contributed by atoms with Crippen LogP contribution < -0.4 is 21.5 Å². The lowest BCUT2D eigenvalue weighted by Gasteiger charge is -2.30. The van der Waals surface area contributed by atoms with E-state index in [9.17, 15) is 19.2 Å². The fourth-order valence-corrected chi connectivity index (χ4v) is 2.69. The molecule has 1 aliphatic rings. The fourth-order valence-electron chi connectivity index (χ4n) is 2.69. The van der Waals surface area contributed by atoms with Crippen LogP contribution in [0.1, 0.15) is 59.7 Å². The van der Waals surface area contributed by atoms with Gasteiger partial charge >= 0.3 is 11.9 Å². The molecular formula is C21H33N5O7. The summed E-state index contributed by atoms with van der Waals surface area (Å²) < 4.78 is 17.3. The molecule has 1 atom stereocenters. The normalized spacial score (nSPS) is 14.3. The lowest BCUT2D eigenvalue weighted by atomic mass is 9.97. The van der Waals surface area contributed by atoms with E-state index in [0.717, 1.165) is 4.57 Å². The molecule has 1 aromatic heterocycles. The number of nitrogens with zero attached hydrogens (tertiary/aromatic N) is 3. The Morgan fingerprint density at radius 2 is 1.70 bits per heavy atom. The number of rotatable bonds is 7. The molecule has 12 nitrogen and oxygen atoms in total. The first-order valence-electron chi connectivity index (χ1n) is 10.6. The van der Waals surface area contributed by atoms with Crippen LogP contribution in [0.2, 0.25) is 0 Å². The quantitative estimate of drug-likeness (QED) is 0.341. The number of nitrogen functional groups attached to an aromatic ring is 1. The number of carbonyl (C=O) groups is 3. The first kappa shape index (κ1) is 26.1. The molecular weight excluding hydrogens is 434 g/mol. The molecule has 0 fully saturated rings. The highest BCUT2D eigenvalue weighted by Crippen LogP contribution is 2.30. The van der Waals surface area contributed by atoms with Crippen molar-refractivity contribution in [1.82, 2.24) is 9.55 Å². The number of aromatic nitrogens is 2. The number of hydrogen-bond donors (Lipinski definition) is 2. The second-order valence-corrected chi connectivity index (χ2v) is 9.71. The summed E-state index contributed by atoms with van der Waals surface area (Å²) >= 11 is 0. The van der Waals surface area contributed by atoms with E-state index >= 15 is 0 Å².